The first-order valence-corrected chi connectivity index (χ1v) is 7.34. The van der Waals surface area contributed by atoms with Crippen molar-refractivity contribution in [3.8, 4) is 0 Å². The van der Waals surface area contributed by atoms with Crippen molar-refractivity contribution in [1.29, 1.82) is 0 Å². The minimum absolute atomic E-state index is 0.0548. The van der Waals surface area contributed by atoms with Gasteiger partial charge in [0.15, 0.2) is 0 Å². The molecule has 1 unspecified atom stereocenters. The van der Waals surface area contributed by atoms with E-state index in [0.29, 0.717) is 6.61 Å². The Bertz CT molecular complexity index is 518. The van der Waals surface area contributed by atoms with Crippen molar-refractivity contribution in [1.82, 2.24) is 0 Å². The molecule has 6 heteroatoms. The number of rotatable bonds is 5. The fraction of sp³-hybridized carbons (Fsp3) is 0.600. The normalized spacial score (nSPS) is 21.0. The van der Waals surface area contributed by atoms with Gasteiger partial charge in [-0.1, -0.05) is 13.8 Å². The monoisotopic (exact) mass is 296 g/mol. The molecule has 1 aromatic carbocycles. The molecule has 2 rings (SSSR count). The zero-order valence-corrected chi connectivity index (χ0v) is 12.4. The molecule has 5 nitrogen and oxygen atoms in total. The highest BCUT2D eigenvalue weighted by atomic mass is 19.1. The Hall–Kier alpha value is -1.69. The summed E-state index contributed by atoms with van der Waals surface area (Å²) in [5.74, 6) is -0.479. The molecule has 1 heterocycles. The van der Waals surface area contributed by atoms with E-state index in [1.165, 1.54) is 12.1 Å². The van der Waals surface area contributed by atoms with Gasteiger partial charge in [-0.25, -0.2) is 4.39 Å². The van der Waals surface area contributed by atoms with Crippen molar-refractivity contribution in [3.05, 3.63) is 34.1 Å². The number of ether oxygens (including phenoxy) is 1. The lowest BCUT2D eigenvalue weighted by Gasteiger charge is -2.40. The molecule has 1 aliphatic rings. The first-order valence-electron chi connectivity index (χ1n) is 7.34. The maximum absolute atomic E-state index is 13.4. The summed E-state index contributed by atoms with van der Waals surface area (Å²) in [6, 6.07) is 3.55. The van der Waals surface area contributed by atoms with Crippen LogP contribution in [0.15, 0.2) is 18.2 Å². The third kappa shape index (κ3) is 3.50. The molecule has 0 bridgehead atoms. The third-order valence-electron chi connectivity index (χ3n) is 4.30. The second kappa shape index (κ2) is 6.39. The van der Waals surface area contributed by atoms with Crippen LogP contribution in [0, 0.1) is 15.9 Å². The lowest BCUT2D eigenvalue weighted by atomic mass is 9.86. The second-order valence-corrected chi connectivity index (χ2v) is 5.49. The minimum Gasteiger partial charge on any atom is -0.376 e. The highest BCUT2D eigenvalue weighted by Gasteiger charge is 2.35. The highest BCUT2D eigenvalue weighted by molar-refractivity contribution is 5.61. The van der Waals surface area contributed by atoms with Crippen LogP contribution < -0.4 is 5.32 Å². The van der Waals surface area contributed by atoms with Gasteiger partial charge >= 0.3 is 0 Å². The Kier molecular flexibility index (Phi) is 4.77. The average Bonchev–Trinajstić information content (AvgIpc) is 2.47. The van der Waals surface area contributed by atoms with Crippen molar-refractivity contribution in [2.45, 2.75) is 51.2 Å². The fourth-order valence-corrected chi connectivity index (χ4v) is 2.90. The van der Waals surface area contributed by atoms with E-state index in [9.17, 15) is 14.5 Å². The Labute approximate surface area is 123 Å². The van der Waals surface area contributed by atoms with Crippen molar-refractivity contribution >= 4 is 11.4 Å². The summed E-state index contributed by atoms with van der Waals surface area (Å²) in [7, 11) is 0. The average molecular weight is 296 g/mol. The van der Waals surface area contributed by atoms with E-state index in [-0.39, 0.29) is 23.0 Å². The van der Waals surface area contributed by atoms with E-state index in [2.05, 4.69) is 19.2 Å². The number of nitrogens with zero attached hydrogens (tertiary/aromatic N) is 1. The van der Waals surface area contributed by atoms with Crippen molar-refractivity contribution in [2.75, 3.05) is 11.9 Å². The molecule has 0 aromatic heterocycles. The number of halogens is 1. The molecule has 1 atom stereocenters. The number of nitro benzene ring substituents is 1. The number of anilines is 1. The largest absolute Gasteiger partial charge is 0.376 e. The van der Waals surface area contributed by atoms with Gasteiger partial charge in [0.2, 0.25) is 0 Å². The zero-order chi connectivity index (χ0) is 15.5. The van der Waals surface area contributed by atoms with E-state index in [1.54, 1.807) is 0 Å². The van der Waals surface area contributed by atoms with E-state index in [0.717, 1.165) is 31.7 Å². The van der Waals surface area contributed by atoms with Gasteiger partial charge in [0.05, 0.1) is 10.5 Å². The van der Waals surface area contributed by atoms with Crippen molar-refractivity contribution < 1.29 is 14.1 Å². The van der Waals surface area contributed by atoms with Crippen molar-refractivity contribution in [2.24, 2.45) is 0 Å². The summed E-state index contributed by atoms with van der Waals surface area (Å²) in [5, 5.41) is 14.2. The Morgan fingerprint density at radius 2 is 2.19 bits per heavy atom. The smallest absolute Gasteiger partial charge is 0.292 e. The highest BCUT2D eigenvalue weighted by Crippen LogP contribution is 2.34. The van der Waals surface area contributed by atoms with Gasteiger partial charge in [-0.2, -0.15) is 0 Å². The molecule has 1 aliphatic heterocycles. The molecular formula is C15H21FN2O3. The lowest BCUT2D eigenvalue weighted by molar-refractivity contribution is -0.384. The van der Waals surface area contributed by atoms with Crippen LogP contribution in [-0.2, 0) is 4.74 Å². The van der Waals surface area contributed by atoms with Gasteiger partial charge in [-0.15, -0.1) is 0 Å². The molecule has 116 valence electrons. The van der Waals surface area contributed by atoms with E-state index in [1.807, 2.05) is 0 Å². The third-order valence-corrected chi connectivity index (χ3v) is 4.30. The summed E-state index contributed by atoms with van der Waals surface area (Å²) in [6.45, 7) is 4.77. The molecule has 1 fully saturated rings. The Morgan fingerprint density at radius 1 is 1.48 bits per heavy atom. The number of nitro groups is 1. The van der Waals surface area contributed by atoms with Crippen LogP contribution in [0.25, 0.3) is 0 Å². The van der Waals surface area contributed by atoms with E-state index in [4.69, 9.17) is 4.74 Å². The summed E-state index contributed by atoms with van der Waals surface area (Å²) in [4.78, 5) is 10.5. The molecule has 0 saturated carbocycles. The van der Waals surface area contributed by atoms with Gasteiger partial charge in [0, 0.05) is 24.8 Å². The molecule has 0 radical (unpaired) electrons. The molecule has 0 spiro atoms. The Morgan fingerprint density at radius 3 is 2.81 bits per heavy atom. The predicted molar refractivity (Wildman–Crippen MR) is 79.0 cm³/mol. The molecule has 21 heavy (non-hydrogen) atoms. The number of benzene rings is 1. The van der Waals surface area contributed by atoms with Gasteiger partial charge in [0.25, 0.3) is 5.69 Å². The van der Waals surface area contributed by atoms with Gasteiger partial charge in [-0.3, -0.25) is 10.1 Å². The first-order chi connectivity index (χ1) is 9.99. The second-order valence-electron chi connectivity index (χ2n) is 5.49. The maximum Gasteiger partial charge on any atom is 0.292 e. The summed E-state index contributed by atoms with van der Waals surface area (Å²) < 4.78 is 19.2. The minimum atomic E-state index is -0.492. The van der Waals surface area contributed by atoms with Crippen LogP contribution in [0.3, 0.4) is 0 Å². The van der Waals surface area contributed by atoms with Gasteiger partial charge in [0.1, 0.15) is 11.5 Å². The topological polar surface area (TPSA) is 64.4 Å². The molecule has 1 aromatic rings. The number of nitrogens with one attached hydrogen (secondary N) is 1. The zero-order valence-electron chi connectivity index (χ0n) is 12.4. The number of hydrogen-bond donors (Lipinski definition) is 1. The van der Waals surface area contributed by atoms with Crippen LogP contribution >= 0.6 is 0 Å². The molecule has 0 aliphatic carbocycles. The van der Waals surface area contributed by atoms with E-state index >= 15 is 0 Å². The molecule has 1 saturated heterocycles. The van der Waals surface area contributed by atoms with Crippen LogP contribution in [0.4, 0.5) is 15.8 Å². The molecular weight excluding hydrogens is 275 g/mol. The van der Waals surface area contributed by atoms with Gasteiger partial charge < -0.3 is 10.1 Å². The molecule has 0 amide bonds. The quantitative estimate of drug-likeness (QED) is 0.661. The summed E-state index contributed by atoms with van der Waals surface area (Å²) >= 11 is 0. The van der Waals surface area contributed by atoms with Crippen LogP contribution in [0.1, 0.15) is 39.5 Å². The van der Waals surface area contributed by atoms with Gasteiger partial charge in [-0.05, 0) is 31.7 Å². The van der Waals surface area contributed by atoms with E-state index < -0.39 is 10.7 Å². The van der Waals surface area contributed by atoms with Crippen LogP contribution in [0.5, 0.6) is 0 Å². The summed E-state index contributed by atoms with van der Waals surface area (Å²) in [6.07, 6.45) is 3.32. The lowest BCUT2D eigenvalue weighted by Crippen LogP contribution is -2.43. The fourth-order valence-electron chi connectivity index (χ4n) is 2.90. The van der Waals surface area contributed by atoms with Crippen molar-refractivity contribution in [3.63, 3.8) is 0 Å². The SMILES string of the molecule is CCC1(CC)CC(Nc2cc(F)ccc2[N+](=O)[O-])CCO1. The first kappa shape index (κ1) is 15.7. The summed E-state index contributed by atoms with van der Waals surface area (Å²) in [5.41, 5.74) is -0.0348. The predicted octanol–water partition coefficient (Wildman–Crippen LogP) is 3.88. The standard InChI is InChI=1S/C15H21FN2O3/c1-3-15(4-2)10-12(7-8-21-15)17-13-9-11(16)5-6-14(13)18(19)20/h5-6,9,12,17H,3-4,7-8,10H2,1-2H3. The van der Waals surface area contributed by atoms with Crippen LogP contribution in [0.2, 0.25) is 0 Å². The maximum atomic E-state index is 13.4. The van der Waals surface area contributed by atoms with Crippen LogP contribution in [-0.4, -0.2) is 23.2 Å². The Balaban J connectivity index is 2.18. The number of hydrogen-bond acceptors (Lipinski definition) is 4. The molecule has 1 N–H and O–H groups in total.